The summed E-state index contributed by atoms with van der Waals surface area (Å²) in [5.74, 6) is 0.0844. The fourth-order valence-corrected chi connectivity index (χ4v) is 0.266. The third-order valence-corrected chi connectivity index (χ3v) is 0.692. The van der Waals surface area contributed by atoms with Crippen LogP contribution >= 0.6 is 0 Å². The SMILES string of the molecule is CC(=N)N=C/C(C=O)=C\O. The first-order chi connectivity index (χ1) is 4.70. The standard InChI is InChI=1S/C6H8N2O2/c1-5(7)8-2-6(3-9)4-10/h2-4,7,9H,1H3/b6-3+,7-5?,8-2?. The molecule has 0 aliphatic carbocycles. The van der Waals surface area contributed by atoms with E-state index in [1.54, 1.807) is 0 Å². The number of aliphatic imine (C=N–C) groups is 1. The number of rotatable bonds is 2. The first-order valence-corrected chi connectivity index (χ1v) is 2.59. The summed E-state index contributed by atoms with van der Waals surface area (Å²) >= 11 is 0. The van der Waals surface area contributed by atoms with E-state index in [9.17, 15) is 4.79 Å². The Morgan fingerprint density at radius 2 is 2.30 bits per heavy atom. The van der Waals surface area contributed by atoms with Gasteiger partial charge in [-0.05, 0) is 6.92 Å². The van der Waals surface area contributed by atoms with Crippen molar-refractivity contribution in [1.29, 1.82) is 5.41 Å². The molecule has 0 rings (SSSR count). The van der Waals surface area contributed by atoms with Gasteiger partial charge in [0.1, 0.15) is 5.84 Å². The number of aliphatic hydroxyl groups is 1. The Hall–Kier alpha value is -1.45. The number of nitrogens with one attached hydrogen (secondary N) is 1. The minimum Gasteiger partial charge on any atom is -0.515 e. The van der Waals surface area contributed by atoms with Crippen LogP contribution in [0.5, 0.6) is 0 Å². The van der Waals surface area contributed by atoms with Crippen LogP contribution in [0.4, 0.5) is 0 Å². The molecule has 0 unspecified atom stereocenters. The molecule has 0 amide bonds. The summed E-state index contributed by atoms with van der Waals surface area (Å²) in [6.45, 7) is 1.47. The minimum absolute atomic E-state index is 0.0478. The van der Waals surface area contributed by atoms with E-state index in [0.29, 0.717) is 12.5 Å². The maximum atomic E-state index is 9.96. The normalized spacial score (nSPS) is 11.9. The third-order valence-electron chi connectivity index (χ3n) is 0.692. The van der Waals surface area contributed by atoms with Crippen LogP contribution in [0.2, 0.25) is 0 Å². The van der Waals surface area contributed by atoms with Crippen LogP contribution in [0.25, 0.3) is 0 Å². The van der Waals surface area contributed by atoms with Crippen LogP contribution < -0.4 is 0 Å². The molecule has 0 saturated carbocycles. The second-order valence-electron chi connectivity index (χ2n) is 1.59. The van der Waals surface area contributed by atoms with Gasteiger partial charge in [0.2, 0.25) is 0 Å². The van der Waals surface area contributed by atoms with Crippen LogP contribution in [0, 0.1) is 5.41 Å². The lowest BCUT2D eigenvalue weighted by atomic mass is 10.4. The van der Waals surface area contributed by atoms with Crippen molar-refractivity contribution in [2.24, 2.45) is 4.99 Å². The summed E-state index contributed by atoms with van der Waals surface area (Å²) < 4.78 is 0. The lowest BCUT2D eigenvalue weighted by molar-refractivity contribution is -0.104. The molecule has 0 aromatic carbocycles. The van der Waals surface area contributed by atoms with Crippen molar-refractivity contribution in [1.82, 2.24) is 0 Å². The Morgan fingerprint density at radius 3 is 2.60 bits per heavy atom. The van der Waals surface area contributed by atoms with Gasteiger partial charge in [-0.25, -0.2) is 4.99 Å². The number of amidine groups is 1. The zero-order chi connectivity index (χ0) is 7.98. The molecule has 10 heavy (non-hydrogen) atoms. The zero-order valence-corrected chi connectivity index (χ0v) is 5.53. The van der Waals surface area contributed by atoms with E-state index in [1.807, 2.05) is 0 Å². The topological polar surface area (TPSA) is 73.5 Å². The van der Waals surface area contributed by atoms with Crippen molar-refractivity contribution in [3.63, 3.8) is 0 Å². The Morgan fingerprint density at radius 1 is 1.70 bits per heavy atom. The van der Waals surface area contributed by atoms with E-state index in [-0.39, 0.29) is 11.4 Å². The smallest absolute Gasteiger partial charge is 0.154 e. The molecule has 0 spiro atoms. The Balaban J connectivity index is 4.11. The summed E-state index contributed by atoms with van der Waals surface area (Å²) in [6, 6.07) is 0. The van der Waals surface area contributed by atoms with E-state index in [2.05, 4.69) is 4.99 Å². The highest BCUT2D eigenvalue weighted by Gasteiger charge is 1.86. The Bertz CT molecular complexity index is 194. The lowest BCUT2D eigenvalue weighted by Crippen LogP contribution is -1.89. The van der Waals surface area contributed by atoms with Gasteiger partial charge in [0, 0.05) is 6.21 Å². The zero-order valence-electron chi connectivity index (χ0n) is 5.53. The molecular formula is C6H8N2O2. The molecule has 0 radical (unpaired) electrons. The Labute approximate surface area is 58.4 Å². The molecule has 0 aliphatic rings. The molecule has 54 valence electrons. The molecule has 0 atom stereocenters. The second-order valence-corrected chi connectivity index (χ2v) is 1.59. The minimum atomic E-state index is 0.0478. The summed E-state index contributed by atoms with van der Waals surface area (Å²) in [4.78, 5) is 13.4. The molecule has 0 saturated heterocycles. The van der Waals surface area contributed by atoms with Crippen LogP contribution in [0.3, 0.4) is 0 Å². The van der Waals surface area contributed by atoms with Gasteiger partial charge in [0.25, 0.3) is 0 Å². The average Bonchev–Trinajstić information content (AvgIpc) is 1.90. The van der Waals surface area contributed by atoms with Gasteiger partial charge in [0.05, 0.1) is 11.8 Å². The summed E-state index contributed by atoms with van der Waals surface area (Å²) in [5.41, 5.74) is 0.0478. The number of allylic oxidation sites excluding steroid dienone is 1. The molecule has 4 nitrogen and oxygen atoms in total. The molecule has 0 aliphatic heterocycles. The number of aliphatic hydroxyl groups excluding tert-OH is 1. The van der Waals surface area contributed by atoms with Crippen molar-refractivity contribution in [2.75, 3.05) is 0 Å². The highest BCUT2D eigenvalue weighted by atomic mass is 16.2. The van der Waals surface area contributed by atoms with E-state index in [0.717, 1.165) is 6.21 Å². The van der Waals surface area contributed by atoms with Gasteiger partial charge in [-0.3, -0.25) is 10.2 Å². The van der Waals surface area contributed by atoms with E-state index in [4.69, 9.17) is 10.5 Å². The van der Waals surface area contributed by atoms with Crippen LogP contribution in [0.15, 0.2) is 16.8 Å². The monoisotopic (exact) mass is 140 g/mol. The van der Waals surface area contributed by atoms with Gasteiger partial charge in [0.15, 0.2) is 6.29 Å². The quantitative estimate of drug-likeness (QED) is 0.195. The van der Waals surface area contributed by atoms with Gasteiger partial charge in [-0.2, -0.15) is 0 Å². The van der Waals surface area contributed by atoms with E-state index < -0.39 is 0 Å². The van der Waals surface area contributed by atoms with Gasteiger partial charge in [-0.15, -0.1) is 0 Å². The lowest BCUT2D eigenvalue weighted by Gasteiger charge is -1.84. The first kappa shape index (κ1) is 8.55. The maximum absolute atomic E-state index is 9.96. The van der Waals surface area contributed by atoms with Crippen molar-refractivity contribution in [2.45, 2.75) is 6.92 Å². The molecule has 0 bridgehead atoms. The number of carbonyl (C=O) groups excluding carboxylic acids is 1. The largest absolute Gasteiger partial charge is 0.515 e. The maximum Gasteiger partial charge on any atom is 0.154 e. The summed E-state index contributed by atoms with van der Waals surface area (Å²) in [5, 5.41) is 15.1. The Kier molecular flexibility index (Phi) is 3.79. The summed E-state index contributed by atoms with van der Waals surface area (Å²) in [7, 11) is 0. The molecule has 2 N–H and O–H groups in total. The van der Waals surface area contributed by atoms with Crippen molar-refractivity contribution >= 4 is 18.3 Å². The third kappa shape index (κ3) is 3.54. The molecule has 0 aromatic heterocycles. The number of aldehydes is 1. The molecular weight excluding hydrogens is 132 g/mol. The molecule has 0 aromatic rings. The highest BCUT2D eigenvalue weighted by molar-refractivity contribution is 6.05. The van der Waals surface area contributed by atoms with E-state index in [1.165, 1.54) is 6.92 Å². The number of hydrogen-bond acceptors (Lipinski definition) is 3. The van der Waals surface area contributed by atoms with Gasteiger partial charge < -0.3 is 5.11 Å². The fraction of sp³-hybridized carbons (Fsp3) is 0.167. The fourth-order valence-electron chi connectivity index (χ4n) is 0.266. The molecule has 4 heteroatoms. The highest BCUT2D eigenvalue weighted by Crippen LogP contribution is 1.82. The first-order valence-electron chi connectivity index (χ1n) is 2.59. The predicted octanol–water partition coefficient (Wildman–Crippen LogP) is 0.695. The molecule has 0 fully saturated rings. The van der Waals surface area contributed by atoms with Crippen LogP contribution in [0.1, 0.15) is 6.92 Å². The molecule has 0 heterocycles. The van der Waals surface area contributed by atoms with Crippen LogP contribution in [-0.2, 0) is 4.79 Å². The predicted molar refractivity (Wildman–Crippen MR) is 38.7 cm³/mol. The number of nitrogens with zero attached hydrogens (tertiary/aromatic N) is 1. The van der Waals surface area contributed by atoms with Crippen molar-refractivity contribution in [3.8, 4) is 0 Å². The van der Waals surface area contributed by atoms with Crippen molar-refractivity contribution < 1.29 is 9.90 Å². The van der Waals surface area contributed by atoms with Crippen molar-refractivity contribution in [3.05, 3.63) is 11.8 Å². The second kappa shape index (κ2) is 4.43. The number of hydrogen-bond donors (Lipinski definition) is 2. The summed E-state index contributed by atoms with van der Waals surface area (Å²) in [6.07, 6.45) is 2.21. The van der Waals surface area contributed by atoms with Crippen LogP contribution in [-0.4, -0.2) is 23.4 Å². The van der Waals surface area contributed by atoms with Gasteiger partial charge >= 0.3 is 0 Å². The van der Waals surface area contributed by atoms with Gasteiger partial charge in [-0.1, -0.05) is 0 Å². The number of carbonyl (C=O) groups is 1. The van der Waals surface area contributed by atoms with E-state index >= 15 is 0 Å². The average molecular weight is 140 g/mol.